The normalized spacial score (nSPS) is 11.4. The summed E-state index contributed by atoms with van der Waals surface area (Å²) in [6, 6.07) is 14.0. The Labute approximate surface area is 139 Å². The molecule has 124 valence electrons. The first-order chi connectivity index (χ1) is 11.3. The van der Waals surface area contributed by atoms with E-state index in [-0.39, 0.29) is 11.2 Å². The highest BCUT2D eigenvalue weighted by molar-refractivity contribution is 5.91. The van der Waals surface area contributed by atoms with Crippen LogP contribution in [0.25, 0.3) is 0 Å². The number of carbonyl (C=O) groups excluding carboxylic acids is 1. The Morgan fingerprint density at radius 1 is 0.917 bits per heavy atom. The molecule has 2 aromatic rings. The number of ether oxygens (including phenoxy) is 1. The number of aromatic hydroxyl groups is 1. The maximum Gasteiger partial charge on any atom is 0.336 e. The van der Waals surface area contributed by atoms with Gasteiger partial charge in [-0.25, -0.2) is 9.59 Å². The Morgan fingerprint density at radius 3 is 1.92 bits per heavy atom. The predicted molar refractivity (Wildman–Crippen MR) is 89.1 cm³/mol. The van der Waals surface area contributed by atoms with Gasteiger partial charge in [0.25, 0.3) is 0 Å². The molecule has 0 atom stereocenters. The van der Waals surface area contributed by atoms with Crippen molar-refractivity contribution in [3.8, 4) is 11.5 Å². The van der Waals surface area contributed by atoms with Crippen LogP contribution in [0.1, 0.15) is 25.0 Å². The number of rotatable bonds is 5. The van der Waals surface area contributed by atoms with E-state index in [9.17, 15) is 14.7 Å². The van der Waals surface area contributed by atoms with Crippen LogP contribution in [-0.2, 0) is 15.0 Å². The lowest BCUT2D eigenvalue weighted by Crippen LogP contribution is -2.18. The highest BCUT2D eigenvalue weighted by Gasteiger charge is 2.23. The molecule has 0 bridgehead atoms. The molecule has 0 unspecified atom stereocenters. The molecule has 0 saturated carbocycles. The fourth-order valence-electron chi connectivity index (χ4n) is 2.27. The van der Waals surface area contributed by atoms with Crippen LogP contribution in [0.15, 0.2) is 60.7 Å². The van der Waals surface area contributed by atoms with Crippen LogP contribution >= 0.6 is 0 Å². The third-order valence-electron chi connectivity index (χ3n) is 3.75. The minimum atomic E-state index is -1.21. The van der Waals surface area contributed by atoms with E-state index < -0.39 is 11.9 Å². The quantitative estimate of drug-likeness (QED) is 0.500. The fraction of sp³-hybridized carbons (Fsp3) is 0.158. The topological polar surface area (TPSA) is 83.8 Å². The van der Waals surface area contributed by atoms with Crippen molar-refractivity contribution in [2.45, 2.75) is 19.3 Å². The number of phenols is 1. The molecule has 0 aliphatic heterocycles. The maximum absolute atomic E-state index is 11.5. The summed E-state index contributed by atoms with van der Waals surface area (Å²) in [5, 5.41) is 17.9. The van der Waals surface area contributed by atoms with E-state index in [1.54, 1.807) is 24.3 Å². The van der Waals surface area contributed by atoms with Gasteiger partial charge in [-0.15, -0.1) is 0 Å². The van der Waals surface area contributed by atoms with Gasteiger partial charge < -0.3 is 14.9 Å². The number of aliphatic carboxylic acids is 1. The van der Waals surface area contributed by atoms with Crippen LogP contribution < -0.4 is 4.74 Å². The number of carbonyl (C=O) groups is 2. The lowest BCUT2D eigenvalue weighted by Gasteiger charge is -2.26. The van der Waals surface area contributed by atoms with Crippen molar-refractivity contribution in [2.24, 2.45) is 0 Å². The minimum Gasteiger partial charge on any atom is -0.508 e. The molecule has 0 heterocycles. The highest BCUT2D eigenvalue weighted by Crippen LogP contribution is 2.33. The van der Waals surface area contributed by atoms with E-state index in [2.05, 4.69) is 13.8 Å². The summed E-state index contributed by atoms with van der Waals surface area (Å²) in [6.45, 7) is 4.10. The van der Waals surface area contributed by atoms with Crippen molar-refractivity contribution in [1.29, 1.82) is 0 Å². The van der Waals surface area contributed by atoms with Gasteiger partial charge in [0.15, 0.2) is 0 Å². The molecule has 0 aromatic heterocycles. The molecule has 5 heteroatoms. The van der Waals surface area contributed by atoms with Gasteiger partial charge in [0.05, 0.1) is 0 Å². The van der Waals surface area contributed by atoms with E-state index in [0.717, 1.165) is 23.3 Å². The summed E-state index contributed by atoms with van der Waals surface area (Å²) >= 11 is 0. The second-order valence-electron chi connectivity index (χ2n) is 5.79. The number of carboxylic acids is 1. The third-order valence-corrected chi connectivity index (χ3v) is 3.75. The van der Waals surface area contributed by atoms with Crippen LogP contribution in [0.2, 0.25) is 0 Å². The molecule has 0 aliphatic carbocycles. The molecule has 0 radical (unpaired) electrons. The van der Waals surface area contributed by atoms with Gasteiger partial charge in [0, 0.05) is 17.6 Å². The van der Waals surface area contributed by atoms with Crippen molar-refractivity contribution in [2.75, 3.05) is 0 Å². The number of benzene rings is 2. The van der Waals surface area contributed by atoms with Gasteiger partial charge in [-0.1, -0.05) is 38.1 Å². The molecular formula is C19H18O5. The monoisotopic (exact) mass is 326 g/mol. The number of hydrogen-bond acceptors (Lipinski definition) is 4. The summed E-state index contributed by atoms with van der Waals surface area (Å²) < 4.78 is 5.03. The van der Waals surface area contributed by atoms with Crippen LogP contribution in [0.4, 0.5) is 0 Å². The number of carboxylic acid groups (broad SMARTS) is 1. The summed E-state index contributed by atoms with van der Waals surface area (Å²) in [5.41, 5.74) is 1.75. The fourth-order valence-corrected chi connectivity index (χ4v) is 2.27. The van der Waals surface area contributed by atoms with E-state index >= 15 is 0 Å². The molecule has 0 amide bonds. The Balaban J connectivity index is 2.15. The Bertz CT molecular complexity index is 755. The van der Waals surface area contributed by atoms with Gasteiger partial charge in [0.1, 0.15) is 11.5 Å². The van der Waals surface area contributed by atoms with Crippen molar-refractivity contribution in [3.63, 3.8) is 0 Å². The molecule has 0 aliphatic rings. The van der Waals surface area contributed by atoms with Crippen LogP contribution in [0.5, 0.6) is 11.5 Å². The van der Waals surface area contributed by atoms with Gasteiger partial charge in [-0.3, -0.25) is 0 Å². The summed E-state index contributed by atoms with van der Waals surface area (Å²) in [4.78, 5) is 21.8. The minimum absolute atomic E-state index is 0.214. The largest absolute Gasteiger partial charge is 0.508 e. The lowest BCUT2D eigenvalue weighted by molar-refractivity contribution is -0.133. The molecule has 0 saturated heterocycles. The third kappa shape index (κ3) is 4.23. The smallest absolute Gasteiger partial charge is 0.336 e. The zero-order chi connectivity index (χ0) is 17.7. The molecule has 2 rings (SSSR count). The van der Waals surface area contributed by atoms with Crippen molar-refractivity contribution in [1.82, 2.24) is 0 Å². The predicted octanol–water partition coefficient (Wildman–Crippen LogP) is 3.26. The number of hydrogen-bond donors (Lipinski definition) is 2. The van der Waals surface area contributed by atoms with E-state index in [1.807, 2.05) is 24.3 Å². The molecular weight excluding hydrogens is 308 g/mol. The Hall–Kier alpha value is -3.08. The SMILES string of the molecule is CC(C)(c1ccc(O)cc1)c1ccc(OC(=O)/C=C\C(=O)O)cc1. The molecule has 24 heavy (non-hydrogen) atoms. The van der Waals surface area contributed by atoms with Crippen molar-refractivity contribution >= 4 is 11.9 Å². The zero-order valence-corrected chi connectivity index (χ0v) is 13.4. The Kier molecular flexibility index (Phi) is 5.04. The zero-order valence-electron chi connectivity index (χ0n) is 13.4. The van der Waals surface area contributed by atoms with Crippen molar-refractivity contribution < 1.29 is 24.5 Å². The van der Waals surface area contributed by atoms with Crippen molar-refractivity contribution in [3.05, 3.63) is 71.8 Å². The highest BCUT2D eigenvalue weighted by atomic mass is 16.5. The van der Waals surface area contributed by atoms with E-state index in [0.29, 0.717) is 5.75 Å². The average Bonchev–Trinajstić information content (AvgIpc) is 2.54. The van der Waals surface area contributed by atoms with E-state index in [4.69, 9.17) is 9.84 Å². The molecule has 5 nitrogen and oxygen atoms in total. The van der Waals surface area contributed by atoms with Crippen LogP contribution in [-0.4, -0.2) is 22.2 Å². The van der Waals surface area contributed by atoms with Crippen LogP contribution in [0.3, 0.4) is 0 Å². The first kappa shape index (κ1) is 17.3. The summed E-state index contributed by atoms with van der Waals surface area (Å²) in [5.74, 6) is -1.41. The van der Waals surface area contributed by atoms with Gasteiger partial charge in [0.2, 0.25) is 0 Å². The molecule has 0 spiro atoms. The molecule has 2 N–H and O–H groups in total. The van der Waals surface area contributed by atoms with Gasteiger partial charge in [-0.2, -0.15) is 0 Å². The summed E-state index contributed by atoms with van der Waals surface area (Å²) in [6.07, 6.45) is 1.58. The number of phenolic OH excluding ortho intramolecular Hbond substituents is 1. The number of esters is 1. The lowest BCUT2D eigenvalue weighted by atomic mass is 9.78. The second-order valence-corrected chi connectivity index (χ2v) is 5.79. The average molecular weight is 326 g/mol. The molecule has 2 aromatic carbocycles. The van der Waals surface area contributed by atoms with Crippen LogP contribution in [0, 0.1) is 0 Å². The van der Waals surface area contributed by atoms with E-state index in [1.165, 1.54) is 0 Å². The summed E-state index contributed by atoms with van der Waals surface area (Å²) in [7, 11) is 0. The second kappa shape index (κ2) is 7.00. The molecule has 0 fully saturated rings. The first-order valence-corrected chi connectivity index (χ1v) is 7.32. The van der Waals surface area contributed by atoms with Gasteiger partial charge in [-0.05, 0) is 35.4 Å². The maximum atomic E-state index is 11.5. The Morgan fingerprint density at radius 2 is 1.42 bits per heavy atom. The first-order valence-electron chi connectivity index (χ1n) is 7.32. The van der Waals surface area contributed by atoms with Gasteiger partial charge >= 0.3 is 11.9 Å². The standard InChI is InChI=1S/C19H18O5/c1-19(2,13-3-7-15(20)8-4-13)14-5-9-16(10-6-14)24-18(23)12-11-17(21)22/h3-12,20H,1-2H3,(H,21,22)/b12-11-.